The third kappa shape index (κ3) is 3.06. The van der Waals surface area contributed by atoms with E-state index >= 15 is 0 Å². The predicted octanol–water partition coefficient (Wildman–Crippen LogP) is 0.197. The van der Waals surface area contributed by atoms with Crippen LogP contribution in [0.1, 0.15) is 12.5 Å². The van der Waals surface area contributed by atoms with Crippen LogP contribution in [0.4, 0.5) is 5.82 Å². The maximum absolute atomic E-state index is 12.0. The van der Waals surface area contributed by atoms with Gasteiger partial charge in [-0.1, -0.05) is 6.92 Å². The Bertz CT molecular complexity index is 517. The molecule has 1 saturated heterocycles. The van der Waals surface area contributed by atoms with E-state index in [0.29, 0.717) is 25.2 Å². The standard InChI is InChI=1S/C14H19N5O/c1-11(9-15)14(20)19-6-4-18(5-7-19)13-8-12(10-16)2-3-17-13/h2-3,8,11H,4-7,9,15H2,1H3. The van der Waals surface area contributed by atoms with E-state index in [4.69, 9.17) is 11.0 Å². The van der Waals surface area contributed by atoms with Gasteiger partial charge in [0, 0.05) is 44.8 Å². The summed E-state index contributed by atoms with van der Waals surface area (Å²) in [5.41, 5.74) is 6.13. The van der Waals surface area contributed by atoms with Gasteiger partial charge in [0.1, 0.15) is 5.82 Å². The highest BCUT2D eigenvalue weighted by Crippen LogP contribution is 2.15. The lowest BCUT2D eigenvalue weighted by Gasteiger charge is -2.36. The number of aromatic nitrogens is 1. The summed E-state index contributed by atoms with van der Waals surface area (Å²) in [6, 6.07) is 5.58. The number of nitrogens with zero attached hydrogens (tertiary/aromatic N) is 4. The summed E-state index contributed by atoms with van der Waals surface area (Å²) in [6.07, 6.45) is 1.64. The number of anilines is 1. The molecule has 20 heavy (non-hydrogen) atoms. The van der Waals surface area contributed by atoms with Crippen molar-refractivity contribution in [3.05, 3.63) is 23.9 Å². The molecule has 2 rings (SSSR count). The number of hydrogen-bond donors (Lipinski definition) is 1. The Hall–Kier alpha value is -2.13. The molecular formula is C14H19N5O. The maximum atomic E-state index is 12.0. The summed E-state index contributed by atoms with van der Waals surface area (Å²) in [5, 5.41) is 8.90. The van der Waals surface area contributed by atoms with Crippen LogP contribution in [0.5, 0.6) is 0 Å². The summed E-state index contributed by atoms with van der Waals surface area (Å²) in [7, 11) is 0. The first-order valence-electron chi connectivity index (χ1n) is 6.75. The molecular weight excluding hydrogens is 254 g/mol. The summed E-state index contributed by atoms with van der Waals surface area (Å²) in [5.74, 6) is 0.787. The van der Waals surface area contributed by atoms with E-state index in [0.717, 1.165) is 18.9 Å². The van der Waals surface area contributed by atoms with E-state index in [-0.39, 0.29) is 11.8 Å². The summed E-state index contributed by atoms with van der Waals surface area (Å²) in [6.45, 7) is 5.02. The van der Waals surface area contributed by atoms with Gasteiger partial charge in [-0.3, -0.25) is 4.79 Å². The Morgan fingerprint density at radius 3 is 2.80 bits per heavy atom. The van der Waals surface area contributed by atoms with Gasteiger partial charge in [0.25, 0.3) is 0 Å². The van der Waals surface area contributed by atoms with Crippen molar-refractivity contribution in [2.24, 2.45) is 11.7 Å². The SMILES string of the molecule is CC(CN)C(=O)N1CCN(c2cc(C#N)ccn2)CC1. The number of piperazine rings is 1. The van der Waals surface area contributed by atoms with Crippen LogP contribution < -0.4 is 10.6 Å². The van der Waals surface area contributed by atoms with Crippen molar-refractivity contribution in [3.8, 4) is 6.07 Å². The largest absolute Gasteiger partial charge is 0.353 e. The molecule has 0 spiro atoms. The third-order valence-corrected chi connectivity index (χ3v) is 3.57. The van der Waals surface area contributed by atoms with Crippen molar-refractivity contribution in [3.63, 3.8) is 0 Å². The first kappa shape index (κ1) is 14.3. The van der Waals surface area contributed by atoms with Gasteiger partial charge >= 0.3 is 0 Å². The topological polar surface area (TPSA) is 86.3 Å². The molecule has 0 aromatic carbocycles. The van der Waals surface area contributed by atoms with E-state index in [2.05, 4.69) is 16.0 Å². The van der Waals surface area contributed by atoms with Crippen molar-refractivity contribution in [1.82, 2.24) is 9.88 Å². The van der Waals surface area contributed by atoms with Crippen LogP contribution in [0.3, 0.4) is 0 Å². The minimum absolute atomic E-state index is 0.117. The summed E-state index contributed by atoms with van der Waals surface area (Å²) < 4.78 is 0. The van der Waals surface area contributed by atoms with E-state index in [9.17, 15) is 4.79 Å². The fourth-order valence-electron chi connectivity index (χ4n) is 2.23. The zero-order valence-corrected chi connectivity index (χ0v) is 11.6. The van der Waals surface area contributed by atoms with Crippen molar-refractivity contribution in [1.29, 1.82) is 5.26 Å². The number of rotatable bonds is 3. The monoisotopic (exact) mass is 273 g/mol. The van der Waals surface area contributed by atoms with Crippen LogP contribution in [0.25, 0.3) is 0 Å². The minimum Gasteiger partial charge on any atom is -0.353 e. The first-order chi connectivity index (χ1) is 9.65. The molecule has 1 aliphatic rings. The highest BCUT2D eigenvalue weighted by atomic mass is 16.2. The van der Waals surface area contributed by atoms with E-state index in [1.54, 1.807) is 18.3 Å². The van der Waals surface area contributed by atoms with E-state index < -0.39 is 0 Å². The number of pyridine rings is 1. The Balaban J connectivity index is 1.97. The van der Waals surface area contributed by atoms with Gasteiger partial charge in [-0.25, -0.2) is 4.98 Å². The highest BCUT2D eigenvalue weighted by molar-refractivity contribution is 5.79. The molecule has 1 aromatic heterocycles. The Morgan fingerprint density at radius 1 is 1.50 bits per heavy atom. The van der Waals surface area contributed by atoms with Crippen molar-refractivity contribution in [2.75, 3.05) is 37.6 Å². The Labute approximate surface area is 118 Å². The fourth-order valence-corrected chi connectivity index (χ4v) is 2.23. The molecule has 1 amide bonds. The molecule has 6 heteroatoms. The molecule has 2 heterocycles. The van der Waals surface area contributed by atoms with Crippen molar-refractivity contribution >= 4 is 11.7 Å². The molecule has 1 aromatic rings. The number of hydrogen-bond acceptors (Lipinski definition) is 5. The van der Waals surface area contributed by atoms with E-state index in [1.165, 1.54) is 0 Å². The van der Waals surface area contributed by atoms with Crippen LogP contribution in [0.15, 0.2) is 18.3 Å². The third-order valence-electron chi connectivity index (χ3n) is 3.57. The van der Waals surface area contributed by atoms with Gasteiger partial charge in [0.05, 0.1) is 11.6 Å². The molecule has 1 aliphatic heterocycles. The summed E-state index contributed by atoms with van der Waals surface area (Å²) >= 11 is 0. The smallest absolute Gasteiger partial charge is 0.226 e. The second kappa shape index (κ2) is 6.35. The molecule has 1 unspecified atom stereocenters. The second-order valence-corrected chi connectivity index (χ2v) is 4.96. The molecule has 0 bridgehead atoms. The fraction of sp³-hybridized carbons (Fsp3) is 0.500. The molecule has 0 radical (unpaired) electrons. The van der Waals surface area contributed by atoms with Gasteiger partial charge in [0.2, 0.25) is 5.91 Å². The van der Waals surface area contributed by atoms with E-state index in [1.807, 2.05) is 11.8 Å². The number of carbonyl (C=O) groups is 1. The Kier molecular flexibility index (Phi) is 4.53. The second-order valence-electron chi connectivity index (χ2n) is 4.96. The quantitative estimate of drug-likeness (QED) is 0.850. The highest BCUT2D eigenvalue weighted by Gasteiger charge is 2.24. The zero-order valence-electron chi connectivity index (χ0n) is 11.6. The summed E-state index contributed by atoms with van der Waals surface area (Å²) in [4.78, 5) is 20.3. The predicted molar refractivity (Wildman–Crippen MR) is 76.0 cm³/mol. The average Bonchev–Trinajstić information content (AvgIpc) is 2.53. The van der Waals surface area contributed by atoms with Crippen LogP contribution in [-0.4, -0.2) is 48.5 Å². The lowest BCUT2D eigenvalue weighted by Crippen LogP contribution is -2.51. The lowest BCUT2D eigenvalue weighted by molar-refractivity contribution is -0.134. The van der Waals surface area contributed by atoms with Gasteiger partial charge in [0.15, 0.2) is 0 Å². The van der Waals surface area contributed by atoms with Crippen molar-refractivity contribution in [2.45, 2.75) is 6.92 Å². The van der Waals surface area contributed by atoms with Gasteiger partial charge in [-0.2, -0.15) is 5.26 Å². The number of carbonyl (C=O) groups excluding carboxylic acids is 1. The molecule has 106 valence electrons. The van der Waals surface area contributed by atoms with Crippen LogP contribution in [-0.2, 0) is 4.79 Å². The van der Waals surface area contributed by atoms with Gasteiger partial charge in [-0.15, -0.1) is 0 Å². The molecule has 2 N–H and O–H groups in total. The van der Waals surface area contributed by atoms with Gasteiger partial charge < -0.3 is 15.5 Å². The van der Waals surface area contributed by atoms with Crippen LogP contribution in [0, 0.1) is 17.2 Å². The normalized spacial score (nSPS) is 16.6. The number of nitriles is 1. The maximum Gasteiger partial charge on any atom is 0.226 e. The molecule has 0 saturated carbocycles. The van der Waals surface area contributed by atoms with Crippen LogP contribution >= 0.6 is 0 Å². The average molecular weight is 273 g/mol. The van der Waals surface area contributed by atoms with Gasteiger partial charge in [-0.05, 0) is 12.1 Å². The first-order valence-corrected chi connectivity index (χ1v) is 6.75. The molecule has 1 atom stereocenters. The molecule has 0 aliphatic carbocycles. The minimum atomic E-state index is -0.124. The lowest BCUT2D eigenvalue weighted by atomic mass is 10.1. The molecule has 6 nitrogen and oxygen atoms in total. The Morgan fingerprint density at radius 2 is 2.20 bits per heavy atom. The molecule has 1 fully saturated rings. The number of amides is 1. The number of nitrogens with two attached hydrogens (primary N) is 1. The van der Waals surface area contributed by atoms with Crippen LogP contribution in [0.2, 0.25) is 0 Å². The zero-order chi connectivity index (χ0) is 14.5. The van der Waals surface area contributed by atoms with Crippen molar-refractivity contribution < 1.29 is 4.79 Å².